The number of esters is 2. The van der Waals surface area contributed by atoms with E-state index < -0.39 is 42.1 Å². The van der Waals surface area contributed by atoms with Gasteiger partial charge in [-0.15, -0.1) is 0 Å². The smallest absolute Gasteiger partial charge is 0.334 e. The molecule has 5 atom stereocenters. The molecule has 0 aromatic carbocycles. The molecule has 7 heteroatoms. The lowest BCUT2D eigenvalue weighted by molar-refractivity contribution is -0.205. The van der Waals surface area contributed by atoms with Crippen molar-refractivity contribution in [2.75, 3.05) is 6.61 Å². The highest BCUT2D eigenvalue weighted by molar-refractivity contribution is 5.91. The Morgan fingerprint density at radius 3 is 2.77 bits per heavy atom. The van der Waals surface area contributed by atoms with Crippen molar-refractivity contribution in [1.29, 1.82) is 0 Å². The van der Waals surface area contributed by atoms with Crippen molar-refractivity contribution in [3.63, 3.8) is 0 Å². The van der Waals surface area contributed by atoms with Gasteiger partial charge in [0.15, 0.2) is 5.79 Å². The summed E-state index contributed by atoms with van der Waals surface area (Å²) in [4.78, 5) is 24.3. The molecule has 3 aliphatic rings. The first-order valence-corrected chi connectivity index (χ1v) is 8.93. The quantitative estimate of drug-likeness (QED) is 0.440. The van der Waals surface area contributed by atoms with Crippen LogP contribution in [0.25, 0.3) is 0 Å². The highest BCUT2D eigenvalue weighted by Gasteiger charge is 2.54. The molecule has 3 aliphatic heterocycles. The van der Waals surface area contributed by atoms with Crippen molar-refractivity contribution < 1.29 is 34.0 Å². The second kappa shape index (κ2) is 6.48. The molecule has 0 aromatic heterocycles. The maximum Gasteiger partial charge on any atom is 0.334 e. The molecule has 26 heavy (non-hydrogen) atoms. The third-order valence-electron chi connectivity index (χ3n) is 5.48. The summed E-state index contributed by atoms with van der Waals surface area (Å²) in [5.74, 6) is -3.49. The standard InChI is InChI=1S/C19H26O7/c1-10(2)16(21)25-14-8-18(4)5-6-19(23,26-18)12(9-20)7-13-15(14)11(3)17(22)24-13/h7,10,13-15,20,23H,3,5-6,8-9H2,1-2,4H3/b12-7-/t13-,14-,15+,18-,19-/m1/s1. The van der Waals surface area contributed by atoms with Crippen molar-refractivity contribution in [3.8, 4) is 0 Å². The Morgan fingerprint density at radius 1 is 1.46 bits per heavy atom. The summed E-state index contributed by atoms with van der Waals surface area (Å²) in [6.45, 7) is 8.68. The maximum atomic E-state index is 12.2. The Hall–Kier alpha value is -1.70. The van der Waals surface area contributed by atoms with Crippen LogP contribution < -0.4 is 0 Å². The number of hydrogen-bond donors (Lipinski definition) is 2. The highest BCUT2D eigenvalue weighted by atomic mass is 16.6. The van der Waals surface area contributed by atoms with Crippen LogP contribution in [0.3, 0.4) is 0 Å². The van der Waals surface area contributed by atoms with Gasteiger partial charge in [-0.05, 0) is 19.4 Å². The second-order valence-corrected chi connectivity index (χ2v) is 7.94. The molecule has 2 N–H and O–H groups in total. The Morgan fingerprint density at radius 2 is 2.15 bits per heavy atom. The van der Waals surface area contributed by atoms with Crippen LogP contribution in [0.15, 0.2) is 23.8 Å². The molecule has 2 saturated heterocycles. The zero-order valence-electron chi connectivity index (χ0n) is 15.4. The van der Waals surface area contributed by atoms with Crippen molar-refractivity contribution in [1.82, 2.24) is 0 Å². The first kappa shape index (κ1) is 19.1. The van der Waals surface area contributed by atoms with Gasteiger partial charge in [-0.25, -0.2) is 4.79 Å². The Balaban J connectivity index is 2.05. The molecule has 3 heterocycles. The molecular formula is C19H26O7. The van der Waals surface area contributed by atoms with Gasteiger partial charge >= 0.3 is 11.9 Å². The summed E-state index contributed by atoms with van der Waals surface area (Å²) in [7, 11) is 0. The van der Waals surface area contributed by atoms with Gasteiger partial charge in [0, 0.05) is 24.0 Å². The molecule has 0 aliphatic carbocycles. The molecule has 0 amide bonds. The average Bonchev–Trinajstić information content (AvgIpc) is 3.02. The fourth-order valence-corrected chi connectivity index (χ4v) is 3.95. The van der Waals surface area contributed by atoms with Crippen LogP contribution in [0.5, 0.6) is 0 Å². The number of hydrogen-bond acceptors (Lipinski definition) is 7. The molecule has 0 saturated carbocycles. The summed E-state index contributed by atoms with van der Waals surface area (Å²) in [6.07, 6.45) is 1.15. The maximum absolute atomic E-state index is 12.2. The number of aliphatic hydroxyl groups is 2. The third-order valence-corrected chi connectivity index (χ3v) is 5.48. The van der Waals surface area contributed by atoms with E-state index in [9.17, 15) is 19.8 Å². The minimum Gasteiger partial charge on any atom is -0.461 e. The normalized spacial score (nSPS) is 41.6. The third kappa shape index (κ3) is 3.19. The molecule has 0 spiro atoms. The molecule has 2 bridgehead atoms. The van der Waals surface area contributed by atoms with E-state index in [1.54, 1.807) is 13.8 Å². The number of ether oxygens (including phenoxy) is 3. The Kier molecular flexibility index (Phi) is 4.75. The van der Waals surface area contributed by atoms with Crippen molar-refractivity contribution in [3.05, 3.63) is 23.8 Å². The van der Waals surface area contributed by atoms with E-state index >= 15 is 0 Å². The zero-order valence-corrected chi connectivity index (χ0v) is 15.4. The molecule has 0 unspecified atom stereocenters. The van der Waals surface area contributed by atoms with Gasteiger partial charge in [-0.1, -0.05) is 20.4 Å². The zero-order chi connectivity index (χ0) is 19.3. The lowest BCUT2D eigenvalue weighted by Gasteiger charge is -2.33. The van der Waals surface area contributed by atoms with Crippen LogP contribution >= 0.6 is 0 Å². The molecule has 144 valence electrons. The van der Waals surface area contributed by atoms with Gasteiger partial charge < -0.3 is 24.4 Å². The van der Waals surface area contributed by atoms with Gasteiger partial charge in [0.25, 0.3) is 0 Å². The number of aliphatic hydroxyl groups excluding tert-OH is 1. The largest absolute Gasteiger partial charge is 0.461 e. The van der Waals surface area contributed by atoms with E-state index in [4.69, 9.17) is 14.2 Å². The van der Waals surface area contributed by atoms with E-state index in [0.717, 1.165) is 0 Å². The first-order chi connectivity index (χ1) is 12.1. The van der Waals surface area contributed by atoms with Crippen molar-refractivity contribution >= 4 is 11.9 Å². The van der Waals surface area contributed by atoms with E-state index in [-0.39, 0.29) is 29.5 Å². The van der Waals surface area contributed by atoms with E-state index in [2.05, 4.69) is 6.58 Å². The van der Waals surface area contributed by atoms with Crippen LogP contribution in [-0.2, 0) is 23.8 Å². The Labute approximate surface area is 152 Å². The number of carbonyl (C=O) groups is 2. The summed E-state index contributed by atoms with van der Waals surface area (Å²) >= 11 is 0. The molecule has 7 nitrogen and oxygen atoms in total. The van der Waals surface area contributed by atoms with Crippen LogP contribution in [-0.4, -0.2) is 52.4 Å². The van der Waals surface area contributed by atoms with E-state index in [0.29, 0.717) is 12.8 Å². The lowest BCUT2D eigenvalue weighted by atomic mass is 9.81. The molecular weight excluding hydrogens is 340 g/mol. The predicted octanol–water partition coefficient (Wildman–Crippen LogP) is 1.23. The van der Waals surface area contributed by atoms with Crippen LogP contribution in [0.2, 0.25) is 0 Å². The highest BCUT2D eigenvalue weighted by Crippen LogP contribution is 2.47. The number of carbonyl (C=O) groups excluding carboxylic acids is 2. The van der Waals surface area contributed by atoms with Crippen LogP contribution in [0, 0.1) is 11.8 Å². The van der Waals surface area contributed by atoms with Gasteiger partial charge in [0.2, 0.25) is 0 Å². The fourth-order valence-electron chi connectivity index (χ4n) is 3.95. The summed E-state index contributed by atoms with van der Waals surface area (Å²) in [6, 6.07) is 0. The Bertz CT molecular complexity index is 667. The predicted molar refractivity (Wildman–Crippen MR) is 90.7 cm³/mol. The monoisotopic (exact) mass is 366 g/mol. The van der Waals surface area contributed by atoms with Gasteiger partial charge in [-0.3, -0.25) is 4.79 Å². The number of rotatable bonds is 3. The summed E-state index contributed by atoms with van der Waals surface area (Å²) in [5.41, 5.74) is -0.306. The van der Waals surface area contributed by atoms with Crippen molar-refractivity contribution in [2.45, 2.75) is 63.6 Å². The summed E-state index contributed by atoms with van der Waals surface area (Å²) < 4.78 is 17.0. The molecule has 0 aromatic rings. The summed E-state index contributed by atoms with van der Waals surface area (Å²) in [5, 5.41) is 20.6. The SMILES string of the molecule is C=C1C(=O)O[C@@H]2/C=C(/CO)[C@@]3(O)CC[C@](C)(C[C@@H](OC(=O)C(C)C)[C@@H]12)O3. The molecule has 0 radical (unpaired) electrons. The van der Waals surface area contributed by atoms with Gasteiger partial charge in [0.1, 0.15) is 12.2 Å². The topological polar surface area (TPSA) is 102 Å². The van der Waals surface area contributed by atoms with Crippen LogP contribution in [0.4, 0.5) is 0 Å². The van der Waals surface area contributed by atoms with Crippen LogP contribution in [0.1, 0.15) is 40.0 Å². The van der Waals surface area contributed by atoms with E-state index in [1.165, 1.54) is 6.08 Å². The molecule has 3 rings (SSSR count). The fraction of sp³-hybridized carbons (Fsp3) is 0.684. The average molecular weight is 366 g/mol. The number of fused-ring (bicyclic) bond motifs is 3. The second-order valence-electron chi connectivity index (χ2n) is 7.94. The van der Waals surface area contributed by atoms with E-state index in [1.807, 2.05) is 6.92 Å². The first-order valence-electron chi connectivity index (χ1n) is 8.93. The van der Waals surface area contributed by atoms with Crippen molar-refractivity contribution in [2.24, 2.45) is 11.8 Å². The minimum atomic E-state index is -1.62. The van der Waals surface area contributed by atoms with Gasteiger partial charge in [0.05, 0.1) is 24.0 Å². The van der Waals surface area contributed by atoms with Gasteiger partial charge in [-0.2, -0.15) is 0 Å². The lowest BCUT2D eigenvalue weighted by Crippen LogP contribution is -2.41. The minimum absolute atomic E-state index is 0.221. The molecule has 2 fully saturated rings.